The van der Waals surface area contributed by atoms with Gasteiger partial charge in [-0.1, -0.05) is 106 Å². The first-order valence-corrected chi connectivity index (χ1v) is 30.1. The Balaban J connectivity index is 3.14. The van der Waals surface area contributed by atoms with Crippen LogP contribution in [0.5, 0.6) is 0 Å². The van der Waals surface area contributed by atoms with E-state index in [1.165, 1.54) is 58.0 Å². The van der Waals surface area contributed by atoms with Gasteiger partial charge in [-0.05, 0) is 74.2 Å². The van der Waals surface area contributed by atoms with Crippen molar-refractivity contribution in [2.75, 3.05) is 19.7 Å². The maximum Gasteiger partial charge on any atom is 0.331 e. The Labute approximate surface area is 523 Å². The molecule has 506 valence electrons. The van der Waals surface area contributed by atoms with E-state index in [1.54, 1.807) is 27.7 Å². The Morgan fingerprint density at radius 1 is 0.656 bits per heavy atom. The molecule has 15 atom stereocenters. The summed E-state index contributed by atoms with van der Waals surface area (Å²) in [5.74, 6) is -17.2. The van der Waals surface area contributed by atoms with Crippen LogP contribution < -0.4 is 76.1 Å². The van der Waals surface area contributed by atoms with Crippen molar-refractivity contribution >= 4 is 76.9 Å². The number of nitrogens with two attached hydrogens (primary N) is 4. The van der Waals surface area contributed by atoms with E-state index in [4.69, 9.17) is 27.7 Å². The summed E-state index contributed by atoms with van der Waals surface area (Å²) in [6, 6.07) is -10.7. The number of ether oxygens (including phenoxy) is 1. The van der Waals surface area contributed by atoms with Crippen molar-refractivity contribution in [1.29, 1.82) is 0 Å². The second kappa shape index (κ2) is 37.8. The molecule has 1 fully saturated rings. The summed E-state index contributed by atoms with van der Waals surface area (Å²) in [5.41, 5.74) is 22.6. The number of esters is 1. The molecule has 0 aromatic heterocycles. The average molecular weight is 1280 g/mol. The van der Waals surface area contributed by atoms with Crippen LogP contribution >= 0.6 is 0 Å². The van der Waals surface area contributed by atoms with E-state index in [1.807, 2.05) is 24.5 Å². The van der Waals surface area contributed by atoms with Crippen LogP contribution in [-0.4, -0.2) is 196 Å². The molecule has 1 aliphatic heterocycles. The number of carbonyl (C=O) groups is 12. The molecule has 1 saturated heterocycles. The van der Waals surface area contributed by atoms with Gasteiger partial charge in [0, 0.05) is 6.54 Å². The fourth-order valence-electron chi connectivity index (χ4n) is 9.18. The molecule has 0 spiro atoms. The van der Waals surface area contributed by atoms with Gasteiger partial charge in [-0.3, -0.25) is 57.7 Å². The number of cyclic esters (lactones) is 1. The van der Waals surface area contributed by atoms with E-state index in [2.05, 4.69) is 47.5 Å². The molecular formula is C58H97N15O17. The minimum atomic E-state index is -2.57. The molecule has 32 heteroatoms. The summed E-state index contributed by atoms with van der Waals surface area (Å²) in [6.07, 6.45) is -7.80. The van der Waals surface area contributed by atoms with Crippen LogP contribution in [0.25, 0.3) is 0 Å². The highest BCUT2D eigenvalue weighted by Crippen LogP contribution is 2.25. The second-order valence-electron chi connectivity index (χ2n) is 24.0. The zero-order valence-corrected chi connectivity index (χ0v) is 53.1. The van der Waals surface area contributed by atoms with Gasteiger partial charge < -0.3 is 101 Å². The number of guanidine groups is 1. The summed E-state index contributed by atoms with van der Waals surface area (Å²) in [6.45, 7) is 15.3. The quantitative estimate of drug-likeness (QED) is 0.0210. The van der Waals surface area contributed by atoms with E-state index in [0.29, 0.717) is 6.42 Å². The highest BCUT2D eigenvalue weighted by molar-refractivity contribution is 6.00. The standard InChI is InChI=1S/C58H97N15O17/c1-12-30(10)23-36-50(82)65-34(19-16-20-63-58(61)62)49(81)70-39(28(6)7)53(85)71-40(31(11)75)52(84)64-24-38(76)69-42(45(78)47(60)79)55(87)68-37(25-74)57(89)90-46(32-17-14-13-15-18-32)43(56(88)72-41(54(86)67-36)44(77)29(8)9)73-51(83)35(22-27(4)5)66-48(80)33(59)21-26(2)3/h13-15,17-18,26-31,33-37,39-46,74-75,77-78H,12,16,19-25,59H2,1-11H3,(H2,60,79)(H,64,84)(H,65,82)(H,66,80)(H,67,86)(H,68,87)(H,69,76)(H,70,81)(H,71,85)(H,72,88)(H,73,83)(H4,61,62,63). The van der Waals surface area contributed by atoms with Crippen LogP contribution in [-0.2, 0) is 62.3 Å². The lowest BCUT2D eigenvalue weighted by atomic mass is 9.94. The van der Waals surface area contributed by atoms with Crippen LogP contribution in [0.3, 0.4) is 0 Å². The molecule has 32 nitrogen and oxygen atoms in total. The lowest BCUT2D eigenvalue weighted by molar-refractivity contribution is -0.159. The third-order valence-electron chi connectivity index (χ3n) is 14.5. The zero-order valence-electron chi connectivity index (χ0n) is 53.1. The number of carbonyl (C=O) groups excluding carboxylic acids is 12. The molecule has 15 unspecified atom stereocenters. The monoisotopic (exact) mass is 1280 g/mol. The number of hydrogen-bond donors (Lipinski definition) is 18. The minimum Gasteiger partial charge on any atom is -0.453 e. The topological polar surface area (TPSA) is 532 Å². The molecule has 1 aromatic rings. The van der Waals surface area contributed by atoms with Crippen molar-refractivity contribution in [3.05, 3.63) is 35.9 Å². The van der Waals surface area contributed by atoms with Gasteiger partial charge in [0.1, 0.15) is 48.3 Å². The largest absolute Gasteiger partial charge is 0.453 e. The SMILES string of the molecule is CCC(C)CC1NC(=O)C(C(O)C(C)C)NC(=O)C(NC(=O)C(CC(C)C)NC(=O)C(N)CC(C)C)C(c2ccccc2)OC(=O)C(CO)NC(=O)C(C(O)C(N)=O)NC(=O)CNC(=O)C(C(C)O)NC(=O)C(C(C)C)NC(=O)C(CCCN=C(N)N)NC1=O. The first-order chi connectivity index (χ1) is 42.0. The van der Waals surface area contributed by atoms with Gasteiger partial charge in [0.15, 0.2) is 24.2 Å². The van der Waals surface area contributed by atoms with Crippen molar-refractivity contribution in [3.8, 4) is 0 Å². The van der Waals surface area contributed by atoms with Crippen molar-refractivity contribution in [2.24, 2.45) is 57.5 Å². The van der Waals surface area contributed by atoms with Gasteiger partial charge in [-0.2, -0.15) is 0 Å². The van der Waals surface area contributed by atoms with E-state index in [0.717, 1.165) is 6.92 Å². The summed E-state index contributed by atoms with van der Waals surface area (Å²) >= 11 is 0. The Bertz CT molecular complexity index is 2640. The first-order valence-electron chi connectivity index (χ1n) is 30.1. The number of nitrogens with one attached hydrogen (secondary N) is 10. The number of rotatable bonds is 23. The number of aliphatic hydroxyl groups is 4. The first kappa shape index (κ1) is 78.0. The van der Waals surface area contributed by atoms with Gasteiger partial charge in [0.2, 0.25) is 65.0 Å². The number of amides is 11. The second-order valence-corrected chi connectivity index (χ2v) is 24.0. The molecule has 22 N–H and O–H groups in total. The smallest absolute Gasteiger partial charge is 0.331 e. The fraction of sp³-hybridized carbons (Fsp3) is 0.672. The third-order valence-corrected chi connectivity index (χ3v) is 14.5. The summed E-state index contributed by atoms with van der Waals surface area (Å²) in [5, 5.41) is 68.0. The maximum absolute atomic E-state index is 15.4. The Hall–Kier alpha value is -8.07. The van der Waals surface area contributed by atoms with Crippen LogP contribution in [0.1, 0.15) is 126 Å². The molecule has 1 aromatic carbocycles. The van der Waals surface area contributed by atoms with Gasteiger partial charge in [-0.15, -0.1) is 0 Å². The lowest BCUT2D eigenvalue weighted by Gasteiger charge is -2.34. The van der Waals surface area contributed by atoms with Crippen LogP contribution in [0.15, 0.2) is 35.3 Å². The normalized spacial score (nSPS) is 24.7. The number of aliphatic imine (C=N–C) groups is 1. The van der Waals surface area contributed by atoms with Crippen molar-refractivity contribution in [1.82, 2.24) is 53.2 Å². The zero-order chi connectivity index (χ0) is 68.4. The highest BCUT2D eigenvalue weighted by Gasteiger charge is 2.44. The molecule has 1 heterocycles. The van der Waals surface area contributed by atoms with Gasteiger partial charge in [0.05, 0.1) is 31.4 Å². The molecule has 2 rings (SSSR count). The van der Waals surface area contributed by atoms with Crippen LogP contribution in [0, 0.1) is 29.6 Å². The van der Waals surface area contributed by atoms with Gasteiger partial charge in [0.25, 0.3) is 0 Å². The molecule has 0 saturated carbocycles. The third kappa shape index (κ3) is 25.4. The highest BCUT2D eigenvalue weighted by atomic mass is 16.5. The maximum atomic E-state index is 15.4. The van der Waals surface area contributed by atoms with E-state index >= 15 is 4.79 Å². The average Bonchev–Trinajstić information content (AvgIpc) is 3.10. The van der Waals surface area contributed by atoms with E-state index in [-0.39, 0.29) is 67.9 Å². The summed E-state index contributed by atoms with van der Waals surface area (Å²) in [7, 11) is 0. The summed E-state index contributed by atoms with van der Waals surface area (Å²) in [4.78, 5) is 174. The number of primary amides is 1. The Morgan fingerprint density at radius 3 is 1.73 bits per heavy atom. The molecule has 1 aliphatic rings. The molecule has 11 amide bonds. The predicted molar refractivity (Wildman–Crippen MR) is 326 cm³/mol. The Morgan fingerprint density at radius 2 is 1.20 bits per heavy atom. The summed E-state index contributed by atoms with van der Waals surface area (Å²) < 4.78 is 5.93. The molecule has 0 aliphatic carbocycles. The molecule has 0 radical (unpaired) electrons. The molecular weight excluding hydrogens is 1180 g/mol. The van der Waals surface area contributed by atoms with Crippen LogP contribution in [0.2, 0.25) is 0 Å². The number of aliphatic hydroxyl groups excluding tert-OH is 4. The number of hydrogen-bond acceptors (Lipinski definition) is 19. The Kier molecular flexibility index (Phi) is 32.8. The van der Waals surface area contributed by atoms with Gasteiger partial charge >= 0.3 is 5.97 Å². The number of benzene rings is 1. The van der Waals surface area contributed by atoms with E-state index in [9.17, 15) is 73.2 Å². The van der Waals surface area contributed by atoms with Crippen molar-refractivity contribution in [2.45, 2.75) is 200 Å². The molecule has 90 heavy (non-hydrogen) atoms. The fourth-order valence-corrected chi connectivity index (χ4v) is 9.18. The van der Waals surface area contributed by atoms with E-state index < -0.39 is 181 Å². The number of nitrogens with zero attached hydrogens (tertiary/aromatic N) is 1. The minimum absolute atomic E-state index is 0.0462. The van der Waals surface area contributed by atoms with Crippen molar-refractivity contribution in [3.63, 3.8) is 0 Å². The van der Waals surface area contributed by atoms with Crippen molar-refractivity contribution < 1.29 is 82.7 Å². The predicted octanol–water partition coefficient (Wildman–Crippen LogP) is -5.43. The molecule has 0 bridgehead atoms. The van der Waals surface area contributed by atoms with Gasteiger partial charge in [-0.25, -0.2) is 4.79 Å². The van der Waals surface area contributed by atoms with Crippen LogP contribution in [0.4, 0.5) is 0 Å². The lowest BCUT2D eigenvalue weighted by Crippen LogP contribution is -2.64.